The molecule has 1 amide bonds. The molecule has 0 aromatic heterocycles. The first-order valence-corrected chi connectivity index (χ1v) is 10.0. The third-order valence-electron chi connectivity index (χ3n) is 5.76. The Labute approximate surface area is 178 Å². The molecule has 0 saturated carbocycles. The molecule has 2 aromatic rings. The van der Waals surface area contributed by atoms with Crippen LogP contribution in [0.1, 0.15) is 42.2 Å². The normalized spacial score (nSPS) is 21.2. The van der Waals surface area contributed by atoms with Crippen molar-refractivity contribution in [3.05, 3.63) is 69.6 Å². The zero-order valence-electron chi connectivity index (χ0n) is 16.6. The lowest BCUT2D eigenvalue weighted by Crippen LogP contribution is -2.38. The van der Waals surface area contributed by atoms with Crippen LogP contribution >= 0.6 is 11.6 Å². The number of carbonyl (C=O) groups is 2. The number of halogens is 2. The van der Waals surface area contributed by atoms with Gasteiger partial charge in [-0.25, -0.2) is 4.39 Å². The molecular formula is C23H21ClFNO4. The molecule has 2 aromatic carbocycles. The standard InChI is InChI=1S/C23H21ClFNO4/c1-29-13-6-7-20(30-2)14(10-13)12-8-18-23(19(27)9-12)15(11-21(28)26-18)22-16(24)4-3-5-17(22)25/h3-7,10,12,15H,8-9,11H2,1-2H3,(H,26,28). The Morgan fingerprint density at radius 1 is 1.07 bits per heavy atom. The third-order valence-corrected chi connectivity index (χ3v) is 6.09. The quantitative estimate of drug-likeness (QED) is 0.777. The number of ketones is 1. The molecule has 1 aliphatic heterocycles. The van der Waals surface area contributed by atoms with Gasteiger partial charge in [-0.2, -0.15) is 0 Å². The molecule has 2 unspecified atom stereocenters. The molecule has 1 N–H and O–H groups in total. The summed E-state index contributed by atoms with van der Waals surface area (Å²) in [6.07, 6.45) is 0.637. The molecule has 0 bridgehead atoms. The van der Waals surface area contributed by atoms with Crippen LogP contribution in [-0.4, -0.2) is 25.9 Å². The molecule has 0 saturated heterocycles. The molecule has 1 aliphatic carbocycles. The number of ether oxygens (including phenoxy) is 2. The van der Waals surface area contributed by atoms with E-state index in [1.165, 1.54) is 12.1 Å². The van der Waals surface area contributed by atoms with Gasteiger partial charge in [0.2, 0.25) is 5.91 Å². The first-order valence-electron chi connectivity index (χ1n) is 9.64. The van der Waals surface area contributed by atoms with Gasteiger partial charge in [-0.15, -0.1) is 0 Å². The van der Waals surface area contributed by atoms with Crippen molar-refractivity contribution in [3.8, 4) is 11.5 Å². The minimum Gasteiger partial charge on any atom is -0.497 e. The topological polar surface area (TPSA) is 64.6 Å². The Balaban J connectivity index is 1.77. The molecule has 0 spiro atoms. The highest BCUT2D eigenvalue weighted by atomic mass is 35.5. The van der Waals surface area contributed by atoms with Gasteiger partial charge in [0.25, 0.3) is 0 Å². The molecule has 5 nitrogen and oxygen atoms in total. The van der Waals surface area contributed by atoms with Gasteiger partial charge in [0.15, 0.2) is 5.78 Å². The van der Waals surface area contributed by atoms with Crippen molar-refractivity contribution in [2.45, 2.75) is 31.1 Å². The summed E-state index contributed by atoms with van der Waals surface area (Å²) < 4.78 is 25.4. The van der Waals surface area contributed by atoms with Crippen LogP contribution in [0.2, 0.25) is 5.02 Å². The number of benzene rings is 2. The number of amides is 1. The molecule has 2 aliphatic rings. The number of hydrogen-bond acceptors (Lipinski definition) is 4. The van der Waals surface area contributed by atoms with Crippen LogP contribution in [-0.2, 0) is 9.59 Å². The first kappa shape index (κ1) is 20.4. The third kappa shape index (κ3) is 3.56. The monoisotopic (exact) mass is 429 g/mol. The first-order chi connectivity index (χ1) is 14.4. The summed E-state index contributed by atoms with van der Waals surface area (Å²) in [6.45, 7) is 0. The lowest BCUT2D eigenvalue weighted by atomic mass is 9.73. The molecule has 30 heavy (non-hydrogen) atoms. The minimum atomic E-state index is -0.692. The van der Waals surface area contributed by atoms with E-state index in [9.17, 15) is 14.0 Å². The lowest BCUT2D eigenvalue weighted by Gasteiger charge is -2.35. The summed E-state index contributed by atoms with van der Waals surface area (Å²) in [7, 11) is 3.14. The van der Waals surface area contributed by atoms with E-state index in [0.29, 0.717) is 29.2 Å². The predicted octanol–water partition coefficient (Wildman–Crippen LogP) is 4.50. The number of methoxy groups -OCH3 is 2. The van der Waals surface area contributed by atoms with Gasteiger partial charge in [0, 0.05) is 52.1 Å². The van der Waals surface area contributed by atoms with Crippen LogP contribution in [0.15, 0.2) is 47.7 Å². The van der Waals surface area contributed by atoms with E-state index in [1.807, 2.05) is 6.07 Å². The number of carbonyl (C=O) groups excluding carboxylic acids is 2. The fourth-order valence-corrected chi connectivity index (χ4v) is 4.72. The van der Waals surface area contributed by atoms with E-state index in [1.54, 1.807) is 32.4 Å². The fourth-order valence-electron chi connectivity index (χ4n) is 4.43. The van der Waals surface area contributed by atoms with Gasteiger partial charge in [-0.1, -0.05) is 17.7 Å². The molecule has 0 radical (unpaired) electrons. The maximum absolute atomic E-state index is 14.6. The van der Waals surface area contributed by atoms with Crippen molar-refractivity contribution in [1.29, 1.82) is 0 Å². The Bertz CT molecular complexity index is 1040. The SMILES string of the molecule is COc1ccc(OC)c(C2CC(=O)C3=C(C2)NC(=O)CC3c2c(F)cccc2Cl)c1. The molecule has 156 valence electrons. The van der Waals surface area contributed by atoms with Crippen molar-refractivity contribution >= 4 is 23.3 Å². The van der Waals surface area contributed by atoms with E-state index in [2.05, 4.69) is 5.32 Å². The van der Waals surface area contributed by atoms with E-state index in [-0.39, 0.29) is 41.0 Å². The van der Waals surface area contributed by atoms with Crippen molar-refractivity contribution in [2.24, 2.45) is 0 Å². The van der Waals surface area contributed by atoms with Crippen molar-refractivity contribution < 1.29 is 23.5 Å². The van der Waals surface area contributed by atoms with Gasteiger partial charge in [-0.3, -0.25) is 9.59 Å². The van der Waals surface area contributed by atoms with E-state index >= 15 is 0 Å². The summed E-state index contributed by atoms with van der Waals surface area (Å²) in [6, 6.07) is 9.81. The van der Waals surface area contributed by atoms with Crippen molar-refractivity contribution in [1.82, 2.24) is 5.32 Å². The second-order valence-electron chi connectivity index (χ2n) is 7.47. The van der Waals surface area contributed by atoms with Crippen LogP contribution in [0, 0.1) is 5.82 Å². The molecule has 2 atom stereocenters. The Morgan fingerprint density at radius 2 is 1.87 bits per heavy atom. The van der Waals surface area contributed by atoms with E-state index < -0.39 is 11.7 Å². The van der Waals surface area contributed by atoms with Gasteiger partial charge in [-0.05, 0) is 36.8 Å². The number of hydrogen-bond donors (Lipinski definition) is 1. The van der Waals surface area contributed by atoms with Crippen LogP contribution in [0.4, 0.5) is 4.39 Å². The summed E-state index contributed by atoms with van der Waals surface area (Å²) in [5, 5.41) is 3.05. The van der Waals surface area contributed by atoms with Crippen molar-refractivity contribution in [3.63, 3.8) is 0 Å². The Kier molecular flexibility index (Phi) is 5.52. The Hall–Kier alpha value is -2.86. The second kappa shape index (κ2) is 8.11. The lowest BCUT2D eigenvalue weighted by molar-refractivity contribution is -0.122. The fraction of sp³-hybridized carbons (Fsp3) is 0.304. The number of rotatable bonds is 4. The number of allylic oxidation sites excluding steroid dienone is 2. The minimum absolute atomic E-state index is 0.0155. The van der Waals surface area contributed by atoms with Crippen LogP contribution in [0.25, 0.3) is 0 Å². The predicted molar refractivity (Wildman–Crippen MR) is 110 cm³/mol. The summed E-state index contributed by atoms with van der Waals surface area (Å²) >= 11 is 6.25. The smallest absolute Gasteiger partial charge is 0.225 e. The molecule has 7 heteroatoms. The van der Waals surface area contributed by atoms with Crippen LogP contribution in [0.3, 0.4) is 0 Å². The van der Waals surface area contributed by atoms with Crippen LogP contribution < -0.4 is 14.8 Å². The Morgan fingerprint density at radius 3 is 2.57 bits per heavy atom. The second-order valence-corrected chi connectivity index (χ2v) is 7.88. The zero-order chi connectivity index (χ0) is 21.4. The van der Waals surface area contributed by atoms with Crippen molar-refractivity contribution in [2.75, 3.05) is 14.2 Å². The summed E-state index contributed by atoms with van der Waals surface area (Å²) in [4.78, 5) is 25.7. The highest BCUT2D eigenvalue weighted by molar-refractivity contribution is 6.31. The summed E-state index contributed by atoms with van der Waals surface area (Å²) in [5.41, 5.74) is 2.01. The highest BCUT2D eigenvalue weighted by Gasteiger charge is 2.40. The van der Waals surface area contributed by atoms with Gasteiger partial charge >= 0.3 is 0 Å². The molecule has 1 heterocycles. The highest BCUT2D eigenvalue weighted by Crippen LogP contribution is 2.46. The average molecular weight is 430 g/mol. The maximum Gasteiger partial charge on any atom is 0.225 e. The molecule has 0 fully saturated rings. The molecular weight excluding hydrogens is 409 g/mol. The van der Waals surface area contributed by atoms with Gasteiger partial charge in [0.1, 0.15) is 17.3 Å². The molecule has 4 rings (SSSR count). The largest absolute Gasteiger partial charge is 0.497 e. The van der Waals surface area contributed by atoms with E-state index in [0.717, 1.165) is 5.56 Å². The van der Waals surface area contributed by atoms with E-state index in [4.69, 9.17) is 21.1 Å². The van der Waals surface area contributed by atoms with Gasteiger partial charge < -0.3 is 14.8 Å². The number of Topliss-reactive ketones (excluding diaryl/α,β-unsaturated/α-hetero) is 1. The maximum atomic E-state index is 14.6. The average Bonchev–Trinajstić information content (AvgIpc) is 2.72. The summed E-state index contributed by atoms with van der Waals surface area (Å²) in [5.74, 6) is -0.493. The van der Waals surface area contributed by atoms with Crippen LogP contribution in [0.5, 0.6) is 11.5 Å². The number of nitrogens with one attached hydrogen (secondary N) is 1. The zero-order valence-corrected chi connectivity index (χ0v) is 17.4. The van der Waals surface area contributed by atoms with Gasteiger partial charge in [0.05, 0.1) is 14.2 Å².